The summed E-state index contributed by atoms with van der Waals surface area (Å²) in [7, 11) is 3.39. The lowest BCUT2D eigenvalue weighted by Gasteiger charge is -2.37. The number of benzene rings is 3. The first-order valence-electron chi connectivity index (χ1n) is 20.0. The van der Waals surface area contributed by atoms with E-state index in [1.54, 1.807) is 27.9 Å². The molecule has 1 saturated heterocycles. The Bertz CT molecular complexity index is 2360. The number of carbonyl (C=O) groups is 1. The van der Waals surface area contributed by atoms with Gasteiger partial charge in [0.1, 0.15) is 28.6 Å². The molecule has 3 aromatic carbocycles. The molecule has 3 heterocycles. The van der Waals surface area contributed by atoms with Crippen molar-refractivity contribution in [1.82, 2.24) is 30.4 Å². The molecule has 5 aromatic rings. The molecule has 63 heavy (non-hydrogen) atoms. The zero-order valence-corrected chi connectivity index (χ0v) is 35.9. The number of hydrogen-bond acceptors (Lipinski definition) is 13. The fraction of sp³-hybridized carbons (Fsp3) is 0.395. The standard InChI is InChI=1S/C43H48F3N8O8P/c1-48-23-24-50-41-51-38-37(39(55)52-41)33(12-8-22-49-40(56)43(44,45)46)53-54(38)36-26-34(62-63(4)60-25-9-21-47)35(61-36)27-59-42(28-10-6-5-7-11-28,29-13-17-31(57-2)18-14-29)30-15-19-32(58-3)20-16-30/h5-7,10-11,13-20,24,34-36,48H,8-9,12,22-23,25-27H2,1-4H3,(H,49,56)(H,51,52,55)/b50-24+/t34?,35-,36-,63?/m1/s1. The van der Waals surface area contributed by atoms with Crippen molar-refractivity contribution in [3.8, 4) is 17.6 Å². The third-order valence-electron chi connectivity index (χ3n) is 10.1. The molecule has 0 saturated carbocycles. The predicted molar refractivity (Wildman–Crippen MR) is 228 cm³/mol. The van der Waals surface area contributed by atoms with E-state index in [0.717, 1.165) is 16.7 Å². The number of ether oxygens (including phenoxy) is 4. The maximum Gasteiger partial charge on any atom is 0.471 e. The number of alkyl halides is 3. The van der Waals surface area contributed by atoms with Crippen molar-refractivity contribution < 1.29 is 46.0 Å². The Labute approximate surface area is 362 Å². The van der Waals surface area contributed by atoms with Crippen LogP contribution in [0.2, 0.25) is 0 Å². The highest BCUT2D eigenvalue weighted by molar-refractivity contribution is 7.46. The van der Waals surface area contributed by atoms with E-state index in [-0.39, 0.29) is 68.1 Å². The number of fused-ring (bicyclic) bond motifs is 1. The minimum Gasteiger partial charge on any atom is -0.497 e. The average molecular weight is 893 g/mol. The molecule has 2 unspecified atom stereocenters. The Hall–Kier alpha value is -5.74. The fourth-order valence-electron chi connectivity index (χ4n) is 7.15. The molecular weight excluding hydrogens is 844 g/mol. The Morgan fingerprint density at radius 1 is 1.05 bits per heavy atom. The van der Waals surface area contributed by atoms with Gasteiger partial charge in [0, 0.05) is 32.4 Å². The highest BCUT2D eigenvalue weighted by Crippen LogP contribution is 2.46. The van der Waals surface area contributed by atoms with Crippen molar-refractivity contribution in [2.75, 3.05) is 54.2 Å². The molecule has 0 radical (unpaired) electrons. The van der Waals surface area contributed by atoms with Gasteiger partial charge in [0.05, 0.1) is 51.7 Å². The van der Waals surface area contributed by atoms with Gasteiger partial charge in [-0.2, -0.15) is 28.5 Å². The van der Waals surface area contributed by atoms with Gasteiger partial charge in [-0.05, 0) is 60.8 Å². The van der Waals surface area contributed by atoms with E-state index in [0.29, 0.717) is 18.0 Å². The number of aromatic amines is 1. The van der Waals surface area contributed by atoms with Crippen LogP contribution < -0.4 is 25.7 Å². The van der Waals surface area contributed by atoms with Crippen molar-refractivity contribution >= 4 is 37.5 Å². The van der Waals surface area contributed by atoms with Gasteiger partial charge in [0.25, 0.3) is 5.56 Å². The number of hydrogen-bond donors (Lipinski definition) is 3. The highest BCUT2D eigenvalue weighted by Gasteiger charge is 2.44. The Morgan fingerprint density at radius 3 is 2.30 bits per heavy atom. The zero-order chi connectivity index (χ0) is 45.0. The third-order valence-corrected chi connectivity index (χ3v) is 11.2. The van der Waals surface area contributed by atoms with Crippen LogP contribution in [0.4, 0.5) is 19.1 Å². The minimum absolute atomic E-state index is 0.00632. The van der Waals surface area contributed by atoms with Gasteiger partial charge in [0.2, 0.25) is 5.95 Å². The molecule has 0 aliphatic carbocycles. The Kier molecular flexibility index (Phi) is 16.0. The second-order valence-electron chi connectivity index (χ2n) is 14.2. The van der Waals surface area contributed by atoms with Crippen molar-refractivity contribution in [2.45, 2.75) is 55.9 Å². The van der Waals surface area contributed by atoms with E-state index in [2.05, 4.69) is 26.3 Å². The van der Waals surface area contributed by atoms with Crippen molar-refractivity contribution in [2.24, 2.45) is 4.99 Å². The van der Waals surface area contributed by atoms with Gasteiger partial charge >= 0.3 is 12.1 Å². The molecule has 0 spiro atoms. The minimum atomic E-state index is -5.04. The van der Waals surface area contributed by atoms with E-state index in [1.165, 1.54) is 10.9 Å². The Morgan fingerprint density at radius 2 is 1.70 bits per heavy atom. The first-order chi connectivity index (χ1) is 30.4. The monoisotopic (exact) mass is 892 g/mol. The fourth-order valence-corrected chi connectivity index (χ4v) is 8.17. The summed E-state index contributed by atoms with van der Waals surface area (Å²) < 4.78 is 77.5. The topological polar surface area (TPSA) is 196 Å². The quantitative estimate of drug-likeness (QED) is 0.0326. The van der Waals surface area contributed by atoms with E-state index in [9.17, 15) is 22.8 Å². The van der Waals surface area contributed by atoms with Crippen LogP contribution in [0.5, 0.6) is 11.5 Å². The predicted octanol–water partition coefficient (Wildman–Crippen LogP) is 6.22. The van der Waals surface area contributed by atoms with Gasteiger partial charge in [0.15, 0.2) is 20.3 Å². The Balaban J connectivity index is 1.40. The SMILES string of the molecule is CNC/C=N/c1nc2c(c(CCCNC(=O)C(F)(F)F)nn2[C@H]2CC(OP(C)OCCC#N)[C@@H](COC(c3ccccc3)(c3ccc(OC)cc3)c3ccc(OC)cc3)O2)c(=O)[nH]1. The number of H-pyrrole nitrogens is 1. The average Bonchev–Trinajstić information content (AvgIpc) is 3.86. The highest BCUT2D eigenvalue weighted by atomic mass is 31.2. The number of aryl methyl sites for hydroxylation is 1. The van der Waals surface area contributed by atoms with E-state index >= 15 is 0 Å². The van der Waals surface area contributed by atoms with Crippen LogP contribution in [0.25, 0.3) is 11.0 Å². The molecule has 1 aliphatic rings. The maximum atomic E-state index is 13.7. The molecule has 1 amide bonds. The summed E-state index contributed by atoms with van der Waals surface area (Å²) in [6.07, 6.45) is -5.48. The lowest BCUT2D eigenvalue weighted by atomic mass is 9.80. The van der Waals surface area contributed by atoms with Gasteiger partial charge in [-0.1, -0.05) is 54.6 Å². The molecule has 6 rings (SSSR count). The number of carbonyl (C=O) groups excluding carboxylic acids is 1. The molecule has 2 aromatic heterocycles. The molecule has 4 atom stereocenters. The number of amides is 1. The van der Waals surface area contributed by atoms with Gasteiger partial charge in [-0.25, -0.2) is 9.67 Å². The van der Waals surface area contributed by atoms with E-state index < -0.39 is 50.1 Å². The summed E-state index contributed by atoms with van der Waals surface area (Å²) >= 11 is 0. The largest absolute Gasteiger partial charge is 0.497 e. The second kappa shape index (κ2) is 21.6. The molecule has 16 nitrogen and oxygen atoms in total. The van der Waals surface area contributed by atoms with Crippen LogP contribution in [-0.4, -0.2) is 104 Å². The van der Waals surface area contributed by atoms with Crippen molar-refractivity contribution in [3.05, 3.63) is 112 Å². The first-order valence-corrected chi connectivity index (χ1v) is 21.6. The first kappa shape index (κ1) is 46.8. The van der Waals surface area contributed by atoms with Crippen LogP contribution in [-0.2, 0) is 35.3 Å². The van der Waals surface area contributed by atoms with Crippen LogP contribution >= 0.6 is 8.38 Å². The molecule has 0 bridgehead atoms. The summed E-state index contributed by atoms with van der Waals surface area (Å²) in [6.45, 7) is 1.95. The molecule has 20 heteroatoms. The van der Waals surface area contributed by atoms with Gasteiger partial charge < -0.3 is 38.6 Å². The molecule has 1 aliphatic heterocycles. The normalized spacial score (nSPS) is 17.2. The van der Waals surface area contributed by atoms with E-state index in [1.807, 2.05) is 84.2 Å². The van der Waals surface area contributed by atoms with Crippen LogP contribution in [0.1, 0.15) is 47.9 Å². The number of nitrogens with zero attached hydrogens (tertiary/aromatic N) is 5. The zero-order valence-electron chi connectivity index (χ0n) is 35.1. The molecular formula is C43H48F3N8O8P. The van der Waals surface area contributed by atoms with Gasteiger partial charge in [-0.3, -0.25) is 14.6 Å². The number of halogens is 3. The second-order valence-corrected chi connectivity index (χ2v) is 15.6. The summed E-state index contributed by atoms with van der Waals surface area (Å²) in [6, 6.07) is 26.9. The molecule has 1 fully saturated rings. The van der Waals surface area contributed by atoms with Gasteiger partial charge in [-0.15, -0.1) is 0 Å². The summed E-state index contributed by atoms with van der Waals surface area (Å²) in [5, 5.41) is 18.8. The number of methoxy groups -OCH3 is 2. The number of rotatable bonds is 21. The molecule has 3 N–H and O–H groups in total. The third kappa shape index (κ3) is 11.3. The lowest BCUT2D eigenvalue weighted by molar-refractivity contribution is -0.173. The number of aliphatic imine (C=N–C) groups is 1. The number of aromatic nitrogens is 4. The van der Waals surface area contributed by atoms with Crippen LogP contribution in [0.3, 0.4) is 0 Å². The van der Waals surface area contributed by atoms with Crippen molar-refractivity contribution in [1.29, 1.82) is 5.26 Å². The van der Waals surface area contributed by atoms with Crippen LogP contribution in [0, 0.1) is 11.3 Å². The van der Waals surface area contributed by atoms with Crippen LogP contribution in [0.15, 0.2) is 88.6 Å². The maximum absolute atomic E-state index is 13.7. The smallest absolute Gasteiger partial charge is 0.471 e. The molecule has 334 valence electrons. The number of nitrogens with one attached hydrogen (secondary N) is 3. The lowest BCUT2D eigenvalue weighted by Crippen LogP contribution is -2.38. The summed E-state index contributed by atoms with van der Waals surface area (Å²) in [4.78, 5) is 36.7. The van der Waals surface area contributed by atoms with E-state index in [4.69, 9.17) is 38.4 Å². The summed E-state index contributed by atoms with van der Waals surface area (Å²) in [5.41, 5.74) is 0.946. The number of nitriles is 1. The summed E-state index contributed by atoms with van der Waals surface area (Å²) in [5.74, 6) is -0.770. The van der Waals surface area contributed by atoms with Crippen molar-refractivity contribution in [3.63, 3.8) is 0 Å².